The van der Waals surface area contributed by atoms with E-state index in [4.69, 9.17) is 17.3 Å². The average Bonchev–Trinajstić information content (AvgIpc) is 2.77. The average molecular weight is 300 g/mol. The van der Waals surface area contributed by atoms with E-state index in [9.17, 15) is 0 Å². The van der Waals surface area contributed by atoms with Gasteiger partial charge in [0.2, 0.25) is 0 Å². The quantitative estimate of drug-likeness (QED) is 0.800. The summed E-state index contributed by atoms with van der Waals surface area (Å²) in [5, 5.41) is 0. The first-order chi connectivity index (χ1) is 8.82. The molecule has 2 N–H and O–H groups in total. The zero-order chi connectivity index (χ0) is 13.8. The highest BCUT2D eigenvalue weighted by molar-refractivity contribution is 7.16. The molecule has 0 unspecified atom stereocenters. The normalized spacial score (nSPS) is 26.9. The SMILES string of the molecule is CC(C)(C)N1CCC2(CC1)Cc1nc(Cl)sc1[C@H]2N. The van der Waals surface area contributed by atoms with E-state index < -0.39 is 0 Å². The van der Waals surface area contributed by atoms with Gasteiger partial charge in [-0.25, -0.2) is 4.98 Å². The fourth-order valence-electron chi connectivity index (χ4n) is 3.54. The van der Waals surface area contributed by atoms with Crippen LogP contribution in [0.15, 0.2) is 0 Å². The van der Waals surface area contributed by atoms with E-state index in [1.165, 1.54) is 17.7 Å². The molecule has 0 amide bonds. The minimum atomic E-state index is 0.134. The topological polar surface area (TPSA) is 42.2 Å². The van der Waals surface area contributed by atoms with Crippen LogP contribution in [0.3, 0.4) is 0 Å². The molecule has 0 bridgehead atoms. The lowest BCUT2D eigenvalue weighted by atomic mass is 9.73. The Labute approximate surface area is 124 Å². The van der Waals surface area contributed by atoms with Crippen molar-refractivity contribution >= 4 is 22.9 Å². The van der Waals surface area contributed by atoms with Crippen LogP contribution in [-0.2, 0) is 6.42 Å². The number of fused-ring (bicyclic) bond motifs is 1. The second kappa shape index (κ2) is 4.42. The van der Waals surface area contributed by atoms with Crippen molar-refractivity contribution in [1.29, 1.82) is 0 Å². The van der Waals surface area contributed by atoms with Gasteiger partial charge in [-0.1, -0.05) is 11.6 Å². The maximum Gasteiger partial charge on any atom is 0.184 e. The second-order valence-electron chi connectivity index (χ2n) is 6.95. The van der Waals surface area contributed by atoms with Gasteiger partial charge in [0.15, 0.2) is 4.47 Å². The predicted molar refractivity (Wildman–Crippen MR) is 80.7 cm³/mol. The molecule has 1 aromatic heterocycles. The maximum absolute atomic E-state index is 6.52. The third-order valence-electron chi connectivity index (χ3n) is 4.87. The maximum atomic E-state index is 6.52. The molecule has 3 rings (SSSR count). The van der Waals surface area contributed by atoms with Crippen molar-refractivity contribution in [2.45, 2.75) is 51.6 Å². The van der Waals surface area contributed by atoms with E-state index in [0.717, 1.165) is 25.2 Å². The van der Waals surface area contributed by atoms with E-state index in [1.54, 1.807) is 11.3 Å². The van der Waals surface area contributed by atoms with Crippen LogP contribution in [0, 0.1) is 5.41 Å². The number of aromatic nitrogens is 1. The number of hydrogen-bond acceptors (Lipinski definition) is 4. The first-order valence-corrected chi connectivity index (χ1v) is 8.17. The van der Waals surface area contributed by atoms with Gasteiger partial charge in [0.05, 0.1) is 5.69 Å². The lowest BCUT2D eigenvalue weighted by molar-refractivity contribution is 0.0346. The number of hydrogen-bond donors (Lipinski definition) is 1. The third-order valence-corrected chi connectivity index (χ3v) is 6.16. The lowest BCUT2D eigenvalue weighted by Crippen LogP contribution is -2.51. The molecule has 2 heterocycles. The van der Waals surface area contributed by atoms with Crippen LogP contribution < -0.4 is 5.73 Å². The summed E-state index contributed by atoms with van der Waals surface area (Å²) in [5.41, 5.74) is 8.17. The highest BCUT2D eigenvalue weighted by Gasteiger charge is 2.48. The molecule has 19 heavy (non-hydrogen) atoms. The van der Waals surface area contributed by atoms with Gasteiger partial charge in [-0.15, -0.1) is 11.3 Å². The standard InChI is InChI=1S/C14H22ClN3S/c1-13(2,3)18-6-4-14(5-7-18)8-9-10(11(14)16)19-12(15)17-9/h11H,4-8,16H2,1-3H3/t11-/m1/s1. The van der Waals surface area contributed by atoms with E-state index in [2.05, 4.69) is 30.7 Å². The molecule has 1 aliphatic heterocycles. The fourth-order valence-corrected chi connectivity index (χ4v) is 4.84. The molecule has 1 spiro atoms. The van der Waals surface area contributed by atoms with Crippen LogP contribution in [-0.4, -0.2) is 28.5 Å². The molecule has 5 heteroatoms. The number of nitrogens with two attached hydrogens (primary N) is 1. The summed E-state index contributed by atoms with van der Waals surface area (Å²) in [7, 11) is 0. The first-order valence-electron chi connectivity index (χ1n) is 6.98. The van der Waals surface area contributed by atoms with E-state index in [-0.39, 0.29) is 17.0 Å². The van der Waals surface area contributed by atoms with Crippen LogP contribution in [0.2, 0.25) is 4.47 Å². The largest absolute Gasteiger partial charge is 0.323 e. The van der Waals surface area contributed by atoms with Gasteiger partial charge in [-0.2, -0.15) is 0 Å². The van der Waals surface area contributed by atoms with Crippen molar-refractivity contribution in [3.05, 3.63) is 15.0 Å². The lowest BCUT2D eigenvalue weighted by Gasteiger charge is -2.46. The molecule has 0 radical (unpaired) electrons. The van der Waals surface area contributed by atoms with Crippen LogP contribution >= 0.6 is 22.9 Å². The summed E-state index contributed by atoms with van der Waals surface area (Å²) >= 11 is 7.57. The van der Waals surface area contributed by atoms with Crippen molar-refractivity contribution in [1.82, 2.24) is 9.88 Å². The molecule has 1 fully saturated rings. The molecule has 2 aliphatic rings. The molecule has 1 aliphatic carbocycles. The monoisotopic (exact) mass is 299 g/mol. The summed E-state index contributed by atoms with van der Waals surface area (Å²) in [6.07, 6.45) is 3.36. The number of rotatable bonds is 0. The second-order valence-corrected chi connectivity index (χ2v) is 8.57. The van der Waals surface area contributed by atoms with Gasteiger partial charge in [-0.05, 0) is 58.5 Å². The van der Waals surface area contributed by atoms with Gasteiger partial charge >= 0.3 is 0 Å². The van der Waals surface area contributed by atoms with Gasteiger partial charge in [-0.3, -0.25) is 4.90 Å². The van der Waals surface area contributed by atoms with Crippen molar-refractivity contribution in [3.8, 4) is 0 Å². The van der Waals surface area contributed by atoms with Gasteiger partial charge in [0, 0.05) is 16.5 Å². The molecule has 106 valence electrons. The van der Waals surface area contributed by atoms with Gasteiger partial charge < -0.3 is 5.73 Å². The van der Waals surface area contributed by atoms with Crippen molar-refractivity contribution in [3.63, 3.8) is 0 Å². The molecule has 1 saturated heterocycles. The number of nitrogens with zero attached hydrogens (tertiary/aromatic N) is 2. The van der Waals surface area contributed by atoms with Crippen LogP contribution in [0.25, 0.3) is 0 Å². The molecule has 1 aromatic rings. The predicted octanol–water partition coefficient (Wildman–Crippen LogP) is 3.23. The minimum Gasteiger partial charge on any atom is -0.323 e. The summed E-state index contributed by atoms with van der Waals surface area (Å²) in [4.78, 5) is 8.25. The minimum absolute atomic E-state index is 0.134. The van der Waals surface area contributed by atoms with Crippen LogP contribution in [0.5, 0.6) is 0 Å². The molecular weight excluding hydrogens is 278 g/mol. The Bertz CT molecular complexity index is 483. The number of piperidine rings is 1. The van der Waals surface area contributed by atoms with E-state index in [0.29, 0.717) is 4.47 Å². The smallest absolute Gasteiger partial charge is 0.184 e. The number of thiazole rings is 1. The summed E-state index contributed by atoms with van der Waals surface area (Å²) in [6, 6.07) is 0.134. The first kappa shape index (κ1) is 13.8. The Morgan fingerprint density at radius 3 is 2.53 bits per heavy atom. The van der Waals surface area contributed by atoms with Crippen molar-refractivity contribution in [2.75, 3.05) is 13.1 Å². The molecule has 3 nitrogen and oxygen atoms in total. The summed E-state index contributed by atoms with van der Waals surface area (Å²) in [5.74, 6) is 0. The number of likely N-dealkylation sites (tertiary alicyclic amines) is 1. The van der Waals surface area contributed by atoms with Gasteiger partial charge in [0.1, 0.15) is 0 Å². The summed E-state index contributed by atoms with van der Waals surface area (Å²) < 4.78 is 0.641. The molecular formula is C14H22ClN3S. The fraction of sp³-hybridized carbons (Fsp3) is 0.786. The van der Waals surface area contributed by atoms with Crippen LogP contribution in [0.4, 0.5) is 0 Å². The highest BCUT2D eigenvalue weighted by Crippen LogP contribution is 2.53. The zero-order valence-corrected chi connectivity index (χ0v) is 13.4. The zero-order valence-electron chi connectivity index (χ0n) is 11.9. The van der Waals surface area contributed by atoms with E-state index >= 15 is 0 Å². The Morgan fingerprint density at radius 2 is 2.00 bits per heavy atom. The van der Waals surface area contributed by atoms with Crippen molar-refractivity contribution in [2.24, 2.45) is 11.1 Å². The molecule has 0 aromatic carbocycles. The number of halogens is 1. The summed E-state index contributed by atoms with van der Waals surface area (Å²) in [6.45, 7) is 9.15. The Kier molecular flexibility index (Phi) is 3.21. The molecule has 1 atom stereocenters. The highest BCUT2D eigenvalue weighted by atomic mass is 35.5. The Morgan fingerprint density at radius 1 is 1.37 bits per heavy atom. The van der Waals surface area contributed by atoms with Gasteiger partial charge in [0.25, 0.3) is 0 Å². The Hall–Kier alpha value is -0.160. The third kappa shape index (κ3) is 2.23. The Balaban J connectivity index is 1.77. The van der Waals surface area contributed by atoms with Crippen LogP contribution in [0.1, 0.15) is 50.2 Å². The molecule has 0 saturated carbocycles. The van der Waals surface area contributed by atoms with E-state index in [1.807, 2.05) is 0 Å². The van der Waals surface area contributed by atoms with Crippen molar-refractivity contribution < 1.29 is 0 Å².